The number of likely N-dealkylation sites (N-methyl/N-ethyl adjacent to an activating group) is 1. The van der Waals surface area contributed by atoms with E-state index in [2.05, 4.69) is 21.8 Å². The van der Waals surface area contributed by atoms with Crippen LogP contribution in [0.4, 0.5) is 5.69 Å². The predicted octanol–water partition coefficient (Wildman–Crippen LogP) is 1.13. The Morgan fingerprint density at radius 1 is 1.30 bits per heavy atom. The molecule has 1 heterocycles. The number of hydrogen-bond donors (Lipinski definition) is 0. The van der Waals surface area contributed by atoms with Crippen LogP contribution < -0.4 is 4.90 Å². The molecule has 0 amide bonds. The molecule has 0 bridgehead atoms. The van der Waals surface area contributed by atoms with E-state index in [1.807, 2.05) is 24.1 Å². The standard InChI is InChI=1S/C15H22N2O3/c1-16(12-15(18)19-2)14-5-3-13(4-6-14)11-17-7-9-20-10-8-17/h3-6H,7-12H2,1-2H3. The van der Waals surface area contributed by atoms with Gasteiger partial charge in [-0.2, -0.15) is 0 Å². The number of benzene rings is 1. The Hall–Kier alpha value is -1.59. The van der Waals surface area contributed by atoms with Crippen LogP contribution in [0.2, 0.25) is 0 Å². The van der Waals surface area contributed by atoms with Crippen molar-refractivity contribution in [2.24, 2.45) is 0 Å². The molecule has 0 atom stereocenters. The molecule has 110 valence electrons. The molecule has 0 N–H and O–H groups in total. The molecule has 0 radical (unpaired) electrons. The number of carbonyl (C=O) groups is 1. The molecular formula is C15H22N2O3. The van der Waals surface area contributed by atoms with Gasteiger partial charge in [-0.3, -0.25) is 9.69 Å². The lowest BCUT2D eigenvalue weighted by molar-refractivity contribution is -0.138. The quantitative estimate of drug-likeness (QED) is 0.755. The van der Waals surface area contributed by atoms with Gasteiger partial charge in [0.15, 0.2) is 0 Å². The summed E-state index contributed by atoms with van der Waals surface area (Å²) >= 11 is 0. The Balaban J connectivity index is 1.90. The zero-order chi connectivity index (χ0) is 14.4. The summed E-state index contributed by atoms with van der Waals surface area (Å²) in [6.45, 7) is 4.83. The fraction of sp³-hybridized carbons (Fsp3) is 0.533. The highest BCUT2D eigenvalue weighted by atomic mass is 16.5. The van der Waals surface area contributed by atoms with Crippen molar-refractivity contribution in [2.45, 2.75) is 6.54 Å². The summed E-state index contributed by atoms with van der Waals surface area (Å²) in [4.78, 5) is 15.5. The Labute approximate surface area is 120 Å². The van der Waals surface area contributed by atoms with E-state index >= 15 is 0 Å². The highest BCUT2D eigenvalue weighted by molar-refractivity contribution is 5.75. The minimum atomic E-state index is -0.232. The first-order valence-electron chi connectivity index (χ1n) is 6.86. The minimum absolute atomic E-state index is 0.232. The number of rotatable bonds is 5. The van der Waals surface area contributed by atoms with Crippen molar-refractivity contribution in [3.8, 4) is 0 Å². The highest BCUT2D eigenvalue weighted by Crippen LogP contribution is 2.15. The normalized spacial score (nSPS) is 15.9. The number of anilines is 1. The fourth-order valence-corrected chi connectivity index (χ4v) is 2.22. The molecule has 1 fully saturated rings. The molecule has 5 heteroatoms. The third-order valence-corrected chi connectivity index (χ3v) is 3.48. The first-order chi connectivity index (χ1) is 9.69. The van der Waals surface area contributed by atoms with Crippen LogP contribution >= 0.6 is 0 Å². The van der Waals surface area contributed by atoms with Crippen molar-refractivity contribution in [3.63, 3.8) is 0 Å². The lowest BCUT2D eigenvalue weighted by Gasteiger charge is -2.26. The fourth-order valence-electron chi connectivity index (χ4n) is 2.22. The van der Waals surface area contributed by atoms with Crippen LogP contribution in [0.3, 0.4) is 0 Å². The van der Waals surface area contributed by atoms with Gasteiger partial charge >= 0.3 is 5.97 Å². The zero-order valence-corrected chi connectivity index (χ0v) is 12.2. The Kier molecular flexibility index (Phi) is 5.38. The summed E-state index contributed by atoms with van der Waals surface area (Å²) < 4.78 is 10.0. The van der Waals surface area contributed by atoms with E-state index in [0.29, 0.717) is 0 Å². The van der Waals surface area contributed by atoms with Gasteiger partial charge in [-0.25, -0.2) is 0 Å². The highest BCUT2D eigenvalue weighted by Gasteiger charge is 2.11. The molecule has 20 heavy (non-hydrogen) atoms. The molecule has 0 saturated carbocycles. The number of nitrogens with zero attached hydrogens (tertiary/aromatic N) is 2. The third-order valence-electron chi connectivity index (χ3n) is 3.48. The first-order valence-corrected chi connectivity index (χ1v) is 6.86. The molecule has 1 aromatic carbocycles. The van der Waals surface area contributed by atoms with E-state index in [1.165, 1.54) is 12.7 Å². The van der Waals surface area contributed by atoms with Crippen molar-refractivity contribution < 1.29 is 14.3 Å². The van der Waals surface area contributed by atoms with Crippen LogP contribution in [0.1, 0.15) is 5.56 Å². The summed E-state index contributed by atoms with van der Waals surface area (Å²) in [5, 5.41) is 0. The third kappa shape index (κ3) is 4.21. The smallest absolute Gasteiger partial charge is 0.325 e. The molecule has 1 aliphatic heterocycles. The molecule has 0 unspecified atom stereocenters. The molecule has 1 aromatic rings. The second-order valence-corrected chi connectivity index (χ2v) is 4.99. The molecule has 1 saturated heterocycles. The zero-order valence-electron chi connectivity index (χ0n) is 12.2. The van der Waals surface area contributed by atoms with Crippen LogP contribution in [0.5, 0.6) is 0 Å². The summed E-state index contributed by atoms with van der Waals surface area (Å²) in [7, 11) is 3.29. The molecule has 1 aliphatic rings. The van der Waals surface area contributed by atoms with Gasteiger partial charge in [-0.05, 0) is 17.7 Å². The van der Waals surface area contributed by atoms with Gasteiger partial charge in [-0.1, -0.05) is 12.1 Å². The van der Waals surface area contributed by atoms with Crippen LogP contribution in [-0.4, -0.2) is 57.9 Å². The van der Waals surface area contributed by atoms with Crippen molar-refractivity contribution in [2.75, 3.05) is 51.9 Å². The Morgan fingerprint density at radius 2 is 1.95 bits per heavy atom. The number of carbonyl (C=O) groups excluding carboxylic acids is 1. The Bertz CT molecular complexity index is 427. The van der Waals surface area contributed by atoms with Crippen LogP contribution in [0.25, 0.3) is 0 Å². The van der Waals surface area contributed by atoms with Crippen molar-refractivity contribution in [1.29, 1.82) is 0 Å². The maximum Gasteiger partial charge on any atom is 0.325 e. The first kappa shape index (κ1) is 14.8. The predicted molar refractivity (Wildman–Crippen MR) is 77.8 cm³/mol. The number of morpholine rings is 1. The van der Waals surface area contributed by atoms with Gasteiger partial charge in [0.05, 0.1) is 20.3 Å². The van der Waals surface area contributed by atoms with Gasteiger partial charge in [0.2, 0.25) is 0 Å². The van der Waals surface area contributed by atoms with Gasteiger partial charge in [0, 0.05) is 32.4 Å². The van der Waals surface area contributed by atoms with Crippen LogP contribution in [0.15, 0.2) is 24.3 Å². The van der Waals surface area contributed by atoms with Crippen LogP contribution in [0, 0.1) is 0 Å². The van der Waals surface area contributed by atoms with E-state index in [0.717, 1.165) is 38.5 Å². The monoisotopic (exact) mass is 278 g/mol. The van der Waals surface area contributed by atoms with E-state index < -0.39 is 0 Å². The molecular weight excluding hydrogens is 256 g/mol. The van der Waals surface area contributed by atoms with Gasteiger partial charge in [0.1, 0.15) is 6.54 Å². The minimum Gasteiger partial charge on any atom is -0.468 e. The van der Waals surface area contributed by atoms with E-state index in [1.54, 1.807) is 0 Å². The number of ether oxygens (including phenoxy) is 2. The average Bonchev–Trinajstić information content (AvgIpc) is 2.49. The number of methoxy groups -OCH3 is 1. The van der Waals surface area contributed by atoms with Gasteiger partial charge in [-0.15, -0.1) is 0 Å². The van der Waals surface area contributed by atoms with E-state index in [4.69, 9.17) is 4.74 Å². The summed E-state index contributed by atoms with van der Waals surface area (Å²) in [6, 6.07) is 8.30. The second kappa shape index (κ2) is 7.26. The number of hydrogen-bond acceptors (Lipinski definition) is 5. The SMILES string of the molecule is COC(=O)CN(C)c1ccc(CN2CCOCC2)cc1. The lowest BCUT2D eigenvalue weighted by Crippen LogP contribution is -2.35. The molecule has 2 rings (SSSR count). The van der Waals surface area contributed by atoms with E-state index in [-0.39, 0.29) is 12.5 Å². The van der Waals surface area contributed by atoms with Crippen molar-refractivity contribution in [3.05, 3.63) is 29.8 Å². The van der Waals surface area contributed by atoms with Crippen molar-refractivity contribution >= 4 is 11.7 Å². The summed E-state index contributed by atoms with van der Waals surface area (Å²) in [5.41, 5.74) is 2.29. The lowest BCUT2D eigenvalue weighted by atomic mass is 10.2. The largest absolute Gasteiger partial charge is 0.468 e. The van der Waals surface area contributed by atoms with Crippen LogP contribution in [-0.2, 0) is 20.8 Å². The summed E-state index contributed by atoms with van der Waals surface area (Å²) in [5.74, 6) is -0.232. The van der Waals surface area contributed by atoms with E-state index in [9.17, 15) is 4.79 Å². The molecule has 5 nitrogen and oxygen atoms in total. The second-order valence-electron chi connectivity index (χ2n) is 4.99. The molecule has 0 aliphatic carbocycles. The van der Waals surface area contributed by atoms with Gasteiger partial charge in [0.25, 0.3) is 0 Å². The van der Waals surface area contributed by atoms with Crippen molar-refractivity contribution in [1.82, 2.24) is 4.90 Å². The molecule has 0 spiro atoms. The maximum atomic E-state index is 11.2. The topological polar surface area (TPSA) is 42.0 Å². The summed E-state index contributed by atoms with van der Waals surface area (Å²) in [6.07, 6.45) is 0. The number of esters is 1. The maximum absolute atomic E-state index is 11.2. The average molecular weight is 278 g/mol. The van der Waals surface area contributed by atoms with Gasteiger partial charge < -0.3 is 14.4 Å². The molecule has 0 aromatic heterocycles. The Morgan fingerprint density at radius 3 is 2.55 bits per heavy atom.